The highest BCUT2D eigenvalue weighted by Crippen LogP contribution is 2.47. The third-order valence-corrected chi connectivity index (χ3v) is 5.28. The molecule has 0 radical (unpaired) electrons. The molecule has 2 nitrogen and oxygen atoms in total. The van der Waals surface area contributed by atoms with Gasteiger partial charge in [0.1, 0.15) is 0 Å². The molecule has 1 aliphatic rings. The SMILES string of the molecule is COC(C)CC1(CNC(C)C)CCC(C(C)(C)C)CC1. The minimum atomic E-state index is 0.371. The summed E-state index contributed by atoms with van der Waals surface area (Å²) in [5.41, 5.74) is 0.909. The van der Waals surface area contributed by atoms with E-state index < -0.39 is 0 Å². The fourth-order valence-corrected chi connectivity index (χ4v) is 3.66. The smallest absolute Gasteiger partial charge is 0.0549 e. The molecule has 1 atom stereocenters. The van der Waals surface area contributed by atoms with Crippen molar-refractivity contribution in [3.8, 4) is 0 Å². The summed E-state index contributed by atoms with van der Waals surface area (Å²) < 4.78 is 5.55. The van der Waals surface area contributed by atoms with Crippen molar-refractivity contribution in [2.24, 2.45) is 16.7 Å². The topological polar surface area (TPSA) is 21.3 Å². The lowest BCUT2D eigenvalue weighted by Gasteiger charge is -2.45. The molecule has 1 rings (SSSR count). The van der Waals surface area contributed by atoms with Crippen molar-refractivity contribution in [2.75, 3.05) is 13.7 Å². The third-order valence-electron chi connectivity index (χ3n) is 5.28. The Kier molecular flexibility index (Phi) is 6.53. The van der Waals surface area contributed by atoms with Crippen molar-refractivity contribution in [1.29, 1.82) is 0 Å². The van der Waals surface area contributed by atoms with Crippen LogP contribution in [0.4, 0.5) is 0 Å². The van der Waals surface area contributed by atoms with Gasteiger partial charge in [-0.3, -0.25) is 0 Å². The quantitative estimate of drug-likeness (QED) is 0.767. The van der Waals surface area contributed by atoms with Gasteiger partial charge in [-0.25, -0.2) is 0 Å². The maximum Gasteiger partial charge on any atom is 0.0549 e. The summed E-state index contributed by atoms with van der Waals surface area (Å²) in [6.07, 6.45) is 7.01. The molecular formula is C18H37NO. The van der Waals surface area contributed by atoms with Crippen LogP contribution in [-0.4, -0.2) is 25.8 Å². The van der Waals surface area contributed by atoms with E-state index in [0.717, 1.165) is 12.5 Å². The average Bonchev–Trinajstić information content (AvgIpc) is 2.36. The van der Waals surface area contributed by atoms with Crippen molar-refractivity contribution in [2.45, 2.75) is 85.8 Å². The zero-order valence-corrected chi connectivity index (χ0v) is 14.9. The predicted octanol–water partition coefficient (Wildman–Crippen LogP) is 4.63. The number of methoxy groups -OCH3 is 1. The molecule has 1 saturated carbocycles. The number of rotatable bonds is 6. The molecule has 0 spiro atoms. The van der Waals surface area contributed by atoms with E-state index >= 15 is 0 Å². The molecule has 120 valence electrons. The van der Waals surface area contributed by atoms with E-state index in [1.165, 1.54) is 32.1 Å². The van der Waals surface area contributed by atoms with Gasteiger partial charge >= 0.3 is 0 Å². The Morgan fingerprint density at radius 3 is 2.10 bits per heavy atom. The van der Waals surface area contributed by atoms with Crippen molar-refractivity contribution >= 4 is 0 Å². The van der Waals surface area contributed by atoms with Gasteiger partial charge < -0.3 is 10.1 Å². The fraction of sp³-hybridized carbons (Fsp3) is 1.00. The van der Waals surface area contributed by atoms with E-state index in [4.69, 9.17) is 4.74 Å². The normalized spacial score (nSPS) is 29.7. The highest BCUT2D eigenvalue weighted by atomic mass is 16.5. The van der Waals surface area contributed by atoms with E-state index in [9.17, 15) is 0 Å². The van der Waals surface area contributed by atoms with E-state index in [1.807, 2.05) is 7.11 Å². The molecule has 0 bridgehead atoms. The van der Waals surface area contributed by atoms with Gasteiger partial charge in [-0.15, -0.1) is 0 Å². The maximum absolute atomic E-state index is 5.55. The molecule has 2 heteroatoms. The first kappa shape index (κ1) is 18.0. The molecule has 0 heterocycles. The molecule has 1 unspecified atom stereocenters. The van der Waals surface area contributed by atoms with Crippen LogP contribution in [0.2, 0.25) is 0 Å². The van der Waals surface area contributed by atoms with Crippen LogP contribution in [0.3, 0.4) is 0 Å². The van der Waals surface area contributed by atoms with Crippen LogP contribution in [-0.2, 0) is 4.74 Å². The molecule has 0 amide bonds. The second-order valence-corrected chi connectivity index (χ2v) is 8.43. The molecule has 0 aromatic heterocycles. The second-order valence-electron chi connectivity index (χ2n) is 8.43. The van der Waals surface area contributed by atoms with E-state index in [-0.39, 0.29) is 0 Å². The number of hydrogen-bond donors (Lipinski definition) is 1. The number of nitrogens with one attached hydrogen (secondary N) is 1. The van der Waals surface area contributed by atoms with E-state index in [2.05, 4.69) is 46.9 Å². The molecule has 0 aromatic rings. The van der Waals surface area contributed by atoms with Gasteiger partial charge in [0.15, 0.2) is 0 Å². The standard InChI is InChI=1S/C18H37NO/c1-14(2)19-13-18(12-15(3)20-7)10-8-16(9-11-18)17(4,5)6/h14-16,19H,8-13H2,1-7H3. The summed E-state index contributed by atoms with van der Waals surface area (Å²) in [5, 5.41) is 3.68. The Morgan fingerprint density at radius 2 is 1.70 bits per heavy atom. The molecule has 1 N–H and O–H groups in total. The van der Waals surface area contributed by atoms with Gasteiger partial charge in [0, 0.05) is 19.7 Å². The zero-order chi connectivity index (χ0) is 15.4. The van der Waals surface area contributed by atoms with E-state index in [1.54, 1.807) is 0 Å². The van der Waals surface area contributed by atoms with Gasteiger partial charge in [-0.2, -0.15) is 0 Å². The Bertz CT molecular complexity index is 272. The van der Waals surface area contributed by atoms with Crippen LogP contribution in [0.5, 0.6) is 0 Å². The highest BCUT2D eigenvalue weighted by molar-refractivity contribution is 4.92. The minimum absolute atomic E-state index is 0.371. The third kappa shape index (κ3) is 5.37. The van der Waals surface area contributed by atoms with Gasteiger partial charge in [0.2, 0.25) is 0 Å². The summed E-state index contributed by atoms with van der Waals surface area (Å²) >= 11 is 0. The van der Waals surface area contributed by atoms with Crippen LogP contribution in [0.15, 0.2) is 0 Å². The summed E-state index contributed by atoms with van der Waals surface area (Å²) in [6.45, 7) is 15.0. The van der Waals surface area contributed by atoms with Crippen molar-refractivity contribution in [3.05, 3.63) is 0 Å². The number of hydrogen-bond acceptors (Lipinski definition) is 2. The Hall–Kier alpha value is -0.0800. The van der Waals surface area contributed by atoms with E-state index in [0.29, 0.717) is 23.0 Å². The van der Waals surface area contributed by atoms with Crippen molar-refractivity contribution in [1.82, 2.24) is 5.32 Å². The molecule has 1 aliphatic carbocycles. The first-order chi connectivity index (χ1) is 9.18. The molecule has 0 aromatic carbocycles. The second kappa shape index (κ2) is 7.26. The monoisotopic (exact) mass is 283 g/mol. The Labute approximate surface area is 127 Å². The lowest BCUT2D eigenvalue weighted by molar-refractivity contribution is 0.0205. The first-order valence-corrected chi connectivity index (χ1v) is 8.45. The molecule has 1 fully saturated rings. The van der Waals surface area contributed by atoms with Crippen LogP contribution in [0.1, 0.15) is 73.6 Å². The summed E-state index contributed by atoms with van der Waals surface area (Å²) in [5.74, 6) is 0.882. The van der Waals surface area contributed by atoms with Crippen LogP contribution in [0, 0.1) is 16.7 Å². The molecule has 0 saturated heterocycles. The van der Waals surface area contributed by atoms with Gasteiger partial charge in [0.25, 0.3) is 0 Å². The summed E-state index contributed by atoms with van der Waals surface area (Å²) in [4.78, 5) is 0. The first-order valence-electron chi connectivity index (χ1n) is 8.45. The van der Waals surface area contributed by atoms with Crippen LogP contribution in [0.25, 0.3) is 0 Å². The molecule has 20 heavy (non-hydrogen) atoms. The largest absolute Gasteiger partial charge is 0.382 e. The van der Waals surface area contributed by atoms with Gasteiger partial charge in [0.05, 0.1) is 6.10 Å². The van der Waals surface area contributed by atoms with Crippen molar-refractivity contribution in [3.63, 3.8) is 0 Å². The summed E-state index contributed by atoms with van der Waals surface area (Å²) in [6, 6.07) is 0.574. The van der Waals surface area contributed by atoms with Gasteiger partial charge in [-0.1, -0.05) is 34.6 Å². The summed E-state index contributed by atoms with van der Waals surface area (Å²) in [7, 11) is 1.84. The lowest BCUT2D eigenvalue weighted by atomic mass is 9.62. The Morgan fingerprint density at radius 1 is 1.15 bits per heavy atom. The minimum Gasteiger partial charge on any atom is -0.382 e. The average molecular weight is 284 g/mol. The molecular weight excluding hydrogens is 246 g/mol. The Balaban J connectivity index is 2.66. The predicted molar refractivity (Wildman–Crippen MR) is 88.1 cm³/mol. The van der Waals surface area contributed by atoms with Crippen molar-refractivity contribution < 1.29 is 4.74 Å². The zero-order valence-electron chi connectivity index (χ0n) is 14.9. The highest BCUT2D eigenvalue weighted by Gasteiger charge is 2.39. The maximum atomic E-state index is 5.55. The molecule has 0 aliphatic heterocycles. The van der Waals surface area contributed by atoms with Gasteiger partial charge in [-0.05, 0) is 55.8 Å². The fourth-order valence-electron chi connectivity index (χ4n) is 3.66. The number of ether oxygens (including phenoxy) is 1. The van der Waals surface area contributed by atoms with Crippen LogP contribution < -0.4 is 5.32 Å². The lowest BCUT2D eigenvalue weighted by Crippen LogP contribution is -2.43. The van der Waals surface area contributed by atoms with Crippen LogP contribution >= 0.6 is 0 Å².